The molecule has 1 N–H and O–H groups in total. The largest absolute Gasteiger partial charge is 0.423 e. The monoisotopic (exact) mass is 298 g/mol. The average Bonchev–Trinajstić information content (AvgIpc) is 3.26. The van der Waals surface area contributed by atoms with Gasteiger partial charge in [0.1, 0.15) is 17.8 Å². The summed E-state index contributed by atoms with van der Waals surface area (Å²) in [5.41, 5.74) is 1.51. The molecular formula is C15H14N4O3. The van der Waals surface area contributed by atoms with E-state index in [0.717, 1.165) is 30.5 Å². The Morgan fingerprint density at radius 1 is 1.32 bits per heavy atom. The number of aromatic nitrogens is 2. The number of nitrogens with zero attached hydrogens (tertiary/aromatic N) is 3. The number of hydrogen-bond donors (Lipinski definition) is 1. The highest BCUT2D eigenvalue weighted by atomic mass is 16.5. The summed E-state index contributed by atoms with van der Waals surface area (Å²) in [6.45, 7) is 0.740. The van der Waals surface area contributed by atoms with Crippen LogP contribution in [0.3, 0.4) is 0 Å². The second-order valence-electron chi connectivity index (χ2n) is 5.19. The lowest BCUT2D eigenvalue weighted by molar-refractivity contribution is -0.117. The Bertz CT molecular complexity index is 763. The van der Waals surface area contributed by atoms with Gasteiger partial charge in [-0.1, -0.05) is 17.3 Å². The van der Waals surface area contributed by atoms with Gasteiger partial charge in [0.05, 0.1) is 0 Å². The van der Waals surface area contributed by atoms with Crippen LogP contribution in [0.4, 0.5) is 11.8 Å². The molecule has 1 aliphatic heterocycles. The predicted molar refractivity (Wildman–Crippen MR) is 79.5 cm³/mol. The molecule has 1 aliphatic rings. The van der Waals surface area contributed by atoms with Crippen molar-refractivity contribution in [2.75, 3.05) is 16.8 Å². The van der Waals surface area contributed by atoms with Crippen LogP contribution in [0.25, 0.3) is 11.1 Å². The molecule has 0 spiro atoms. The molecule has 7 nitrogen and oxygen atoms in total. The third kappa shape index (κ3) is 2.20. The van der Waals surface area contributed by atoms with Gasteiger partial charge in [0.25, 0.3) is 6.01 Å². The summed E-state index contributed by atoms with van der Waals surface area (Å²) in [6, 6.07) is 9.35. The first-order valence-electron chi connectivity index (χ1n) is 7.15. The number of carbonyl (C=O) groups excluding carboxylic acids is 1. The Balaban J connectivity index is 1.58. The van der Waals surface area contributed by atoms with E-state index in [4.69, 9.17) is 8.94 Å². The van der Waals surface area contributed by atoms with Crippen molar-refractivity contribution in [2.24, 2.45) is 0 Å². The van der Waals surface area contributed by atoms with Gasteiger partial charge in [0, 0.05) is 12.6 Å². The van der Waals surface area contributed by atoms with E-state index in [9.17, 15) is 4.79 Å². The van der Waals surface area contributed by atoms with E-state index >= 15 is 0 Å². The third-order valence-electron chi connectivity index (χ3n) is 3.77. The Morgan fingerprint density at radius 3 is 3.05 bits per heavy atom. The second-order valence-corrected chi connectivity index (χ2v) is 5.19. The van der Waals surface area contributed by atoms with Gasteiger partial charge in [0.15, 0.2) is 11.4 Å². The van der Waals surface area contributed by atoms with Gasteiger partial charge >= 0.3 is 0 Å². The summed E-state index contributed by atoms with van der Waals surface area (Å²) in [5.74, 6) is 0.281. The molecule has 112 valence electrons. The number of rotatable bonds is 3. The third-order valence-corrected chi connectivity index (χ3v) is 3.77. The van der Waals surface area contributed by atoms with Crippen molar-refractivity contribution in [3.8, 4) is 0 Å². The van der Waals surface area contributed by atoms with Crippen molar-refractivity contribution in [3.63, 3.8) is 0 Å². The smallest absolute Gasteiger partial charge is 0.299 e. The van der Waals surface area contributed by atoms with Crippen LogP contribution in [0.2, 0.25) is 0 Å². The van der Waals surface area contributed by atoms with Crippen LogP contribution in [0.5, 0.6) is 0 Å². The summed E-state index contributed by atoms with van der Waals surface area (Å²) in [4.78, 5) is 18.8. The summed E-state index contributed by atoms with van der Waals surface area (Å²) in [5, 5.41) is 6.44. The molecule has 1 unspecified atom stereocenters. The Morgan fingerprint density at radius 2 is 2.23 bits per heavy atom. The van der Waals surface area contributed by atoms with E-state index in [1.807, 2.05) is 29.2 Å². The van der Waals surface area contributed by atoms with E-state index in [0.29, 0.717) is 11.8 Å². The molecule has 0 aliphatic carbocycles. The lowest BCUT2D eigenvalue weighted by atomic mass is 10.2. The summed E-state index contributed by atoms with van der Waals surface area (Å²) < 4.78 is 10.5. The minimum absolute atomic E-state index is 0.131. The maximum atomic E-state index is 12.4. The average molecular weight is 298 g/mol. The van der Waals surface area contributed by atoms with Crippen LogP contribution in [-0.4, -0.2) is 28.6 Å². The zero-order chi connectivity index (χ0) is 14.9. The topological polar surface area (TPSA) is 84.4 Å². The second kappa shape index (κ2) is 5.18. The minimum atomic E-state index is -0.315. The van der Waals surface area contributed by atoms with Gasteiger partial charge in [-0.3, -0.25) is 4.79 Å². The molecule has 0 radical (unpaired) electrons. The molecule has 1 amide bonds. The van der Waals surface area contributed by atoms with Crippen molar-refractivity contribution in [2.45, 2.75) is 18.9 Å². The number of oxazole rings is 1. The number of benzene rings is 1. The normalized spacial score (nSPS) is 18.0. The predicted octanol–water partition coefficient (Wildman–Crippen LogP) is 2.42. The van der Waals surface area contributed by atoms with Crippen LogP contribution in [0, 0.1) is 0 Å². The lowest BCUT2D eigenvalue weighted by Gasteiger charge is -2.21. The zero-order valence-corrected chi connectivity index (χ0v) is 11.7. The molecule has 4 rings (SSSR count). The molecule has 1 atom stereocenters. The van der Waals surface area contributed by atoms with Crippen LogP contribution in [-0.2, 0) is 4.79 Å². The SMILES string of the molecule is O=C(Nc1ccon1)C1CCCN1c1nc2ccccc2o1. The summed E-state index contributed by atoms with van der Waals surface area (Å²) in [6.07, 6.45) is 3.08. The molecule has 3 aromatic rings. The van der Waals surface area contributed by atoms with Crippen LogP contribution >= 0.6 is 0 Å². The van der Waals surface area contributed by atoms with E-state index < -0.39 is 0 Å². The van der Waals surface area contributed by atoms with Crippen LogP contribution < -0.4 is 10.2 Å². The Hall–Kier alpha value is -2.83. The highest BCUT2D eigenvalue weighted by Gasteiger charge is 2.34. The molecule has 3 heterocycles. The molecule has 0 saturated carbocycles. The van der Waals surface area contributed by atoms with E-state index in [1.165, 1.54) is 6.26 Å². The highest BCUT2D eigenvalue weighted by molar-refractivity contribution is 5.96. The molecular weight excluding hydrogens is 284 g/mol. The van der Waals surface area contributed by atoms with Gasteiger partial charge < -0.3 is 19.2 Å². The Labute approximate surface area is 125 Å². The first kappa shape index (κ1) is 12.9. The fourth-order valence-electron chi connectivity index (χ4n) is 2.74. The zero-order valence-electron chi connectivity index (χ0n) is 11.7. The molecule has 2 aromatic heterocycles. The van der Waals surface area contributed by atoms with Crippen molar-refractivity contribution in [1.82, 2.24) is 10.1 Å². The standard InChI is InChI=1S/C15H14N4O3/c20-14(17-13-7-9-21-18-13)11-5-3-8-19(11)15-16-10-4-1-2-6-12(10)22-15/h1-2,4,6-7,9,11H,3,5,8H2,(H,17,18,20). The number of para-hydroxylation sites is 2. The number of anilines is 2. The fourth-order valence-corrected chi connectivity index (χ4v) is 2.74. The number of carbonyl (C=O) groups is 1. The van der Waals surface area contributed by atoms with E-state index in [-0.39, 0.29) is 11.9 Å². The number of nitrogens with one attached hydrogen (secondary N) is 1. The summed E-state index contributed by atoms with van der Waals surface area (Å²) >= 11 is 0. The maximum Gasteiger partial charge on any atom is 0.299 e. The molecule has 1 saturated heterocycles. The van der Waals surface area contributed by atoms with Crippen LogP contribution in [0.1, 0.15) is 12.8 Å². The van der Waals surface area contributed by atoms with Crippen molar-refractivity contribution in [1.29, 1.82) is 0 Å². The highest BCUT2D eigenvalue weighted by Crippen LogP contribution is 2.28. The maximum absolute atomic E-state index is 12.4. The lowest BCUT2D eigenvalue weighted by Crippen LogP contribution is -2.40. The summed E-state index contributed by atoms with van der Waals surface area (Å²) in [7, 11) is 0. The van der Waals surface area contributed by atoms with E-state index in [1.54, 1.807) is 6.07 Å². The van der Waals surface area contributed by atoms with Gasteiger partial charge in [-0.05, 0) is 25.0 Å². The van der Waals surface area contributed by atoms with Gasteiger partial charge in [-0.2, -0.15) is 4.98 Å². The fraction of sp³-hybridized carbons (Fsp3) is 0.267. The number of hydrogen-bond acceptors (Lipinski definition) is 6. The number of fused-ring (bicyclic) bond motifs is 1. The van der Waals surface area contributed by atoms with Crippen molar-refractivity contribution < 1.29 is 13.7 Å². The molecule has 1 fully saturated rings. The van der Waals surface area contributed by atoms with Gasteiger partial charge in [-0.25, -0.2) is 0 Å². The quantitative estimate of drug-likeness (QED) is 0.799. The van der Waals surface area contributed by atoms with Gasteiger partial charge in [0.2, 0.25) is 5.91 Å². The molecule has 7 heteroatoms. The minimum Gasteiger partial charge on any atom is -0.423 e. The van der Waals surface area contributed by atoms with Gasteiger partial charge in [-0.15, -0.1) is 0 Å². The van der Waals surface area contributed by atoms with Crippen molar-refractivity contribution in [3.05, 3.63) is 36.6 Å². The molecule has 0 bridgehead atoms. The van der Waals surface area contributed by atoms with Crippen LogP contribution in [0.15, 0.2) is 45.5 Å². The first-order chi connectivity index (χ1) is 10.8. The molecule has 22 heavy (non-hydrogen) atoms. The number of amides is 1. The van der Waals surface area contributed by atoms with Crippen molar-refractivity contribution >= 4 is 28.8 Å². The first-order valence-corrected chi connectivity index (χ1v) is 7.15. The molecule has 1 aromatic carbocycles. The Kier molecular flexibility index (Phi) is 3.03. The van der Waals surface area contributed by atoms with E-state index in [2.05, 4.69) is 15.5 Å².